The van der Waals surface area contributed by atoms with Crippen LogP contribution in [0.4, 0.5) is 5.69 Å². The van der Waals surface area contributed by atoms with Gasteiger partial charge in [-0.25, -0.2) is 0 Å². The highest BCUT2D eigenvalue weighted by atomic mass is 35.5. The molecule has 4 rings (SSSR count). The van der Waals surface area contributed by atoms with E-state index >= 15 is 0 Å². The average molecular weight is 431 g/mol. The molecule has 4 aromatic rings. The number of benzene rings is 2. The van der Waals surface area contributed by atoms with Crippen molar-refractivity contribution in [2.45, 2.75) is 24.3 Å². The van der Waals surface area contributed by atoms with Crippen molar-refractivity contribution in [1.29, 1.82) is 0 Å². The summed E-state index contributed by atoms with van der Waals surface area (Å²) in [5.41, 5.74) is 3.33. The van der Waals surface area contributed by atoms with Crippen molar-refractivity contribution in [3.8, 4) is 0 Å². The monoisotopic (exact) mass is 430 g/mol. The second-order valence-corrected chi connectivity index (χ2v) is 8.55. The Morgan fingerprint density at radius 3 is 2.71 bits per heavy atom. The quantitative estimate of drug-likeness (QED) is 0.427. The number of amides is 1. The van der Waals surface area contributed by atoms with E-state index in [1.165, 1.54) is 11.8 Å². The lowest BCUT2D eigenvalue weighted by Crippen LogP contribution is -2.22. The van der Waals surface area contributed by atoms with Gasteiger partial charge in [-0.05, 0) is 55.8 Å². The number of nitrogens with zero attached hydrogens (tertiary/aromatic N) is 3. The maximum Gasteiger partial charge on any atom is 0.237 e. The third-order valence-corrected chi connectivity index (χ3v) is 6.02. The van der Waals surface area contributed by atoms with Gasteiger partial charge in [0.05, 0.1) is 21.5 Å². The van der Waals surface area contributed by atoms with E-state index in [-0.39, 0.29) is 5.91 Å². The Bertz CT molecular complexity index is 1210. The van der Waals surface area contributed by atoms with Gasteiger partial charge in [-0.15, -0.1) is 10.2 Å². The molecule has 1 atom stereocenters. The van der Waals surface area contributed by atoms with E-state index in [2.05, 4.69) is 15.5 Å². The first kappa shape index (κ1) is 19.1. The van der Waals surface area contributed by atoms with Crippen LogP contribution in [0.5, 0.6) is 0 Å². The maximum atomic E-state index is 12.6. The van der Waals surface area contributed by atoms with Gasteiger partial charge in [-0.2, -0.15) is 0 Å². The Kier molecular flexibility index (Phi) is 5.19. The van der Waals surface area contributed by atoms with Crippen LogP contribution in [-0.2, 0) is 4.79 Å². The number of hydrogen-bond donors (Lipinski definition) is 1. The van der Waals surface area contributed by atoms with Crippen LogP contribution in [0.25, 0.3) is 16.6 Å². The van der Waals surface area contributed by atoms with Gasteiger partial charge in [0.2, 0.25) is 5.91 Å². The topological polar surface area (TPSA) is 59.3 Å². The molecule has 2 heterocycles. The SMILES string of the molecule is Cc1cc2nnc(SC(C)C(=O)Nc3ccccc3Cl)n2c2ccc(Cl)cc12. The molecule has 0 saturated heterocycles. The summed E-state index contributed by atoms with van der Waals surface area (Å²) in [7, 11) is 0. The average Bonchev–Trinajstić information content (AvgIpc) is 3.06. The number of thioether (sulfide) groups is 1. The van der Waals surface area contributed by atoms with Crippen LogP contribution in [0, 0.1) is 6.92 Å². The summed E-state index contributed by atoms with van der Waals surface area (Å²) in [4.78, 5) is 12.6. The number of nitrogens with one attached hydrogen (secondary N) is 1. The summed E-state index contributed by atoms with van der Waals surface area (Å²) in [6, 6.07) is 14.8. The number of pyridine rings is 1. The van der Waals surface area contributed by atoms with Crippen molar-refractivity contribution < 1.29 is 4.79 Å². The van der Waals surface area contributed by atoms with Crippen molar-refractivity contribution >= 4 is 63.1 Å². The highest BCUT2D eigenvalue weighted by molar-refractivity contribution is 8.00. The minimum Gasteiger partial charge on any atom is -0.324 e. The molecule has 0 spiro atoms. The van der Waals surface area contributed by atoms with Crippen LogP contribution in [-0.4, -0.2) is 25.8 Å². The Morgan fingerprint density at radius 2 is 1.93 bits per heavy atom. The molecule has 28 heavy (non-hydrogen) atoms. The van der Waals surface area contributed by atoms with Gasteiger partial charge in [-0.1, -0.05) is 47.1 Å². The first-order valence-corrected chi connectivity index (χ1v) is 10.2. The fourth-order valence-electron chi connectivity index (χ4n) is 2.98. The van der Waals surface area contributed by atoms with Crippen molar-refractivity contribution in [3.05, 3.63) is 64.1 Å². The lowest BCUT2D eigenvalue weighted by atomic mass is 10.1. The first-order chi connectivity index (χ1) is 13.4. The fraction of sp³-hybridized carbons (Fsp3) is 0.150. The molecule has 0 saturated carbocycles. The highest BCUT2D eigenvalue weighted by Gasteiger charge is 2.20. The zero-order valence-electron chi connectivity index (χ0n) is 15.1. The number of aromatic nitrogens is 3. The van der Waals surface area contributed by atoms with Crippen LogP contribution in [0.2, 0.25) is 10.0 Å². The molecule has 1 unspecified atom stereocenters. The second kappa shape index (κ2) is 7.62. The van der Waals surface area contributed by atoms with E-state index in [1.807, 2.05) is 54.6 Å². The molecule has 0 fully saturated rings. The van der Waals surface area contributed by atoms with Gasteiger partial charge in [0.1, 0.15) is 0 Å². The standard InChI is InChI=1S/C20H16Cl2N4OS/c1-11-9-18-24-25-20(26(18)17-8-7-13(21)10-14(11)17)28-12(2)19(27)23-16-6-4-3-5-15(16)22/h3-10,12H,1-2H3,(H,23,27). The van der Waals surface area contributed by atoms with Crippen LogP contribution >= 0.6 is 35.0 Å². The zero-order chi connectivity index (χ0) is 19.8. The third-order valence-electron chi connectivity index (χ3n) is 4.41. The van der Waals surface area contributed by atoms with Crippen LogP contribution in [0.3, 0.4) is 0 Å². The molecule has 8 heteroatoms. The Labute approximate surface area is 176 Å². The molecule has 142 valence electrons. The Hall–Kier alpha value is -2.28. The summed E-state index contributed by atoms with van der Waals surface area (Å²) in [6.07, 6.45) is 0. The van der Waals surface area contributed by atoms with Crippen LogP contribution in [0.1, 0.15) is 12.5 Å². The van der Waals surface area contributed by atoms with Crippen molar-refractivity contribution in [1.82, 2.24) is 14.6 Å². The Balaban J connectivity index is 1.66. The number of halogens is 2. The number of fused-ring (bicyclic) bond motifs is 3. The molecule has 2 aromatic carbocycles. The number of para-hydroxylation sites is 1. The van der Waals surface area contributed by atoms with Gasteiger partial charge >= 0.3 is 0 Å². The second-order valence-electron chi connectivity index (χ2n) is 6.39. The predicted molar refractivity (Wildman–Crippen MR) is 116 cm³/mol. The summed E-state index contributed by atoms with van der Waals surface area (Å²) < 4.78 is 1.95. The van der Waals surface area contributed by atoms with Gasteiger partial charge in [0.25, 0.3) is 0 Å². The molecule has 2 aromatic heterocycles. The molecular weight excluding hydrogens is 415 g/mol. The lowest BCUT2D eigenvalue weighted by Gasteiger charge is -2.13. The van der Waals surface area contributed by atoms with E-state index in [1.54, 1.807) is 12.1 Å². The van der Waals surface area contributed by atoms with E-state index in [0.29, 0.717) is 20.9 Å². The molecule has 0 aliphatic carbocycles. The molecule has 0 aliphatic rings. The molecule has 1 N–H and O–H groups in total. The fourth-order valence-corrected chi connectivity index (χ4v) is 4.20. The third kappa shape index (κ3) is 3.55. The number of carbonyl (C=O) groups excluding carboxylic acids is 1. The number of rotatable bonds is 4. The highest BCUT2D eigenvalue weighted by Crippen LogP contribution is 2.30. The molecular formula is C20H16Cl2N4OS. The maximum absolute atomic E-state index is 12.6. The van der Waals surface area contributed by atoms with E-state index in [0.717, 1.165) is 22.1 Å². The molecule has 5 nitrogen and oxygen atoms in total. The Morgan fingerprint density at radius 1 is 1.14 bits per heavy atom. The smallest absolute Gasteiger partial charge is 0.237 e. The van der Waals surface area contributed by atoms with Gasteiger partial charge in [0, 0.05) is 10.4 Å². The summed E-state index contributed by atoms with van der Waals surface area (Å²) in [6.45, 7) is 3.84. The van der Waals surface area contributed by atoms with E-state index in [4.69, 9.17) is 23.2 Å². The van der Waals surface area contributed by atoms with Crippen molar-refractivity contribution in [2.75, 3.05) is 5.32 Å². The molecule has 0 radical (unpaired) electrons. The molecule has 0 aliphatic heterocycles. The van der Waals surface area contributed by atoms with Gasteiger partial charge in [-0.3, -0.25) is 9.20 Å². The number of carbonyl (C=O) groups is 1. The van der Waals surface area contributed by atoms with Crippen molar-refractivity contribution in [2.24, 2.45) is 0 Å². The minimum absolute atomic E-state index is 0.158. The predicted octanol–water partition coefficient (Wildman–Crippen LogP) is 5.62. The summed E-state index contributed by atoms with van der Waals surface area (Å²) >= 11 is 13.6. The largest absolute Gasteiger partial charge is 0.324 e. The zero-order valence-corrected chi connectivity index (χ0v) is 17.4. The number of aryl methyl sites for hydroxylation is 1. The number of anilines is 1. The van der Waals surface area contributed by atoms with E-state index < -0.39 is 5.25 Å². The molecule has 0 bridgehead atoms. The minimum atomic E-state index is -0.396. The molecule has 1 amide bonds. The van der Waals surface area contributed by atoms with Crippen LogP contribution in [0.15, 0.2) is 53.7 Å². The summed E-state index contributed by atoms with van der Waals surface area (Å²) in [5.74, 6) is -0.158. The normalized spacial score (nSPS) is 12.4. The van der Waals surface area contributed by atoms with E-state index in [9.17, 15) is 4.79 Å². The summed E-state index contributed by atoms with van der Waals surface area (Å²) in [5, 5.41) is 13.9. The van der Waals surface area contributed by atoms with Gasteiger partial charge in [0.15, 0.2) is 10.8 Å². The van der Waals surface area contributed by atoms with Crippen LogP contribution < -0.4 is 5.32 Å². The number of hydrogen-bond acceptors (Lipinski definition) is 4. The first-order valence-electron chi connectivity index (χ1n) is 8.60. The van der Waals surface area contributed by atoms with Crippen molar-refractivity contribution in [3.63, 3.8) is 0 Å². The lowest BCUT2D eigenvalue weighted by molar-refractivity contribution is -0.115. The van der Waals surface area contributed by atoms with Gasteiger partial charge < -0.3 is 5.32 Å².